The maximum atomic E-state index is 11.4. The third-order valence-corrected chi connectivity index (χ3v) is 3.74. The highest BCUT2D eigenvalue weighted by Gasteiger charge is 2.31. The quantitative estimate of drug-likeness (QED) is 0.428. The van der Waals surface area contributed by atoms with Crippen LogP contribution in [0.15, 0.2) is 4.99 Å². The van der Waals surface area contributed by atoms with Gasteiger partial charge in [0.05, 0.1) is 6.54 Å². The second-order valence-corrected chi connectivity index (χ2v) is 6.01. The maximum Gasteiger partial charge on any atom is 0.324 e. The SMILES string of the molecule is CN=C(NCCN1C(=O)CNC1=O)N1CCC(C)(C)C1. The Kier molecular flexibility index (Phi) is 4.15. The number of carbonyl (C=O) groups is 2. The van der Waals surface area contributed by atoms with E-state index in [-0.39, 0.29) is 18.5 Å². The molecule has 0 unspecified atom stereocenters. The van der Waals surface area contributed by atoms with E-state index in [1.165, 1.54) is 4.90 Å². The van der Waals surface area contributed by atoms with E-state index in [0.717, 1.165) is 25.5 Å². The number of aliphatic imine (C=N–C) groups is 1. The summed E-state index contributed by atoms with van der Waals surface area (Å²) in [5, 5.41) is 5.73. The lowest BCUT2D eigenvalue weighted by Gasteiger charge is -2.24. The zero-order valence-corrected chi connectivity index (χ0v) is 12.4. The highest BCUT2D eigenvalue weighted by atomic mass is 16.2. The molecule has 0 aromatic heterocycles. The number of carbonyl (C=O) groups excluding carboxylic acids is 2. The summed E-state index contributed by atoms with van der Waals surface area (Å²) in [6.45, 7) is 7.42. The van der Waals surface area contributed by atoms with E-state index in [1.807, 2.05) is 0 Å². The molecule has 2 heterocycles. The molecule has 0 aromatic carbocycles. The Bertz CT molecular complexity index is 416. The summed E-state index contributed by atoms with van der Waals surface area (Å²) in [7, 11) is 1.75. The molecule has 0 radical (unpaired) electrons. The average molecular weight is 281 g/mol. The van der Waals surface area contributed by atoms with Crippen LogP contribution in [0.4, 0.5) is 4.79 Å². The number of hydrogen-bond donors (Lipinski definition) is 2. The van der Waals surface area contributed by atoms with Gasteiger partial charge in [-0.25, -0.2) is 4.79 Å². The van der Waals surface area contributed by atoms with Crippen LogP contribution in [0.1, 0.15) is 20.3 Å². The van der Waals surface area contributed by atoms with Gasteiger partial charge in [-0.05, 0) is 11.8 Å². The van der Waals surface area contributed by atoms with Crippen LogP contribution in [-0.4, -0.2) is 67.5 Å². The molecule has 112 valence electrons. The minimum absolute atomic E-state index is 0.105. The summed E-state index contributed by atoms with van der Waals surface area (Å²) in [6, 6.07) is -0.311. The van der Waals surface area contributed by atoms with Crippen molar-refractivity contribution in [2.45, 2.75) is 20.3 Å². The summed E-state index contributed by atoms with van der Waals surface area (Å²) in [5.74, 6) is 0.664. The Morgan fingerprint density at radius 3 is 2.70 bits per heavy atom. The zero-order valence-electron chi connectivity index (χ0n) is 12.4. The van der Waals surface area contributed by atoms with Crippen molar-refractivity contribution in [3.05, 3.63) is 0 Å². The van der Waals surface area contributed by atoms with Crippen molar-refractivity contribution >= 4 is 17.9 Å². The van der Waals surface area contributed by atoms with Crippen LogP contribution in [0.3, 0.4) is 0 Å². The lowest BCUT2D eigenvalue weighted by atomic mass is 9.93. The molecule has 0 aromatic rings. The van der Waals surface area contributed by atoms with Gasteiger partial charge >= 0.3 is 6.03 Å². The standard InChI is InChI=1S/C13H23N5O2/c1-13(2)4-6-17(9-13)11(14-3)15-5-7-18-10(19)8-16-12(18)20/h4-9H2,1-3H3,(H,14,15)(H,16,20). The van der Waals surface area contributed by atoms with Gasteiger partial charge in [0.25, 0.3) is 0 Å². The fourth-order valence-corrected chi connectivity index (χ4v) is 2.59. The highest BCUT2D eigenvalue weighted by molar-refractivity contribution is 6.01. The van der Waals surface area contributed by atoms with E-state index >= 15 is 0 Å². The van der Waals surface area contributed by atoms with Crippen LogP contribution >= 0.6 is 0 Å². The van der Waals surface area contributed by atoms with Gasteiger partial charge in [-0.15, -0.1) is 0 Å². The number of rotatable bonds is 3. The third kappa shape index (κ3) is 3.20. The van der Waals surface area contributed by atoms with Gasteiger partial charge in [0.2, 0.25) is 5.91 Å². The van der Waals surface area contributed by atoms with E-state index in [2.05, 4.69) is 34.4 Å². The van der Waals surface area contributed by atoms with E-state index < -0.39 is 0 Å². The smallest absolute Gasteiger partial charge is 0.324 e. The molecule has 2 N–H and O–H groups in total. The Hall–Kier alpha value is -1.79. The molecule has 7 heteroatoms. The van der Waals surface area contributed by atoms with Crippen molar-refractivity contribution in [3.63, 3.8) is 0 Å². The first-order valence-corrected chi connectivity index (χ1v) is 6.97. The Morgan fingerprint density at radius 2 is 2.20 bits per heavy atom. The van der Waals surface area contributed by atoms with E-state index in [9.17, 15) is 9.59 Å². The maximum absolute atomic E-state index is 11.4. The second kappa shape index (κ2) is 5.68. The summed E-state index contributed by atoms with van der Waals surface area (Å²) in [6.07, 6.45) is 1.14. The molecule has 2 fully saturated rings. The van der Waals surface area contributed by atoms with Crippen LogP contribution in [0.5, 0.6) is 0 Å². The molecule has 7 nitrogen and oxygen atoms in total. The van der Waals surface area contributed by atoms with Crippen LogP contribution in [0.2, 0.25) is 0 Å². The fourth-order valence-electron chi connectivity index (χ4n) is 2.59. The third-order valence-electron chi connectivity index (χ3n) is 3.74. The molecule has 2 saturated heterocycles. The highest BCUT2D eigenvalue weighted by Crippen LogP contribution is 2.28. The first-order valence-electron chi connectivity index (χ1n) is 6.97. The van der Waals surface area contributed by atoms with E-state index in [0.29, 0.717) is 18.5 Å². The van der Waals surface area contributed by atoms with Gasteiger partial charge in [0.1, 0.15) is 0 Å². The molecule has 2 rings (SSSR count). The molecular weight excluding hydrogens is 258 g/mol. The van der Waals surface area contributed by atoms with Gasteiger partial charge < -0.3 is 15.5 Å². The Labute approximate surface area is 119 Å². The summed E-state index contributed by atoms with van der Waals surface area (Å²) in [4.78, 5) is 30.6. The van der Waals surface area contributed by atoms with E-state index in [1.54, 1.807) is 7.05 Å². The van der Waals surface area contributed by atoms with Gasteiger partial charge in [-0.1, -0.05) is 13.8 Å². The van der Waals surface area contributed by atoms with Crippen LogP contribution in [0, 0.1) is 5.41 Å². The van der Waals surface area contributed by atoms with Crippen molar-refractivity contribution in [1.82, 2.24) is 20.4 Å². The first-order chi connectivity index (χ1) is 9.43. The summed E-state index contributed by atoms with van der Waals surface area (Å²) in [5.41, 5.74) is 0.308. The summed E-state index contributed by atoms with van der Waals surface area (Å²) < 4.78 is 0. The van der Waals surface area contributed by atoms with Gasteiger partial charge in [0, 0.05) is 33.2 Å². The van der Waals surface area contributed by atoms with E-state index in [4.69, 9.17) is 0 Å². The van der Waals surface area contributed by atoms with Gasteiger partial charge in [-0.2, -0.15) is 0 Å². The molecule has 0 spiro atoms. The number of imide groups is 1. The van der Waals surface area contributed by atoms with Crippen molar-refractivity contribution < 1.29 is 9.59 Å². The second-order valence-electron chi connectivity index (χ2n) is 6.01. The normalized spacial score (nSPS) is 22.4. The number of urea groups is 1. The number of guanidine groups is 1. The number of likely N-dealkylation sites (tertiary alicyclic amines) is 1. The van der Waals surface area contributed by atoms with Crippen molar-refractivity contribution in [1.29, 1.82) is 0 Å². The predicted octanol–water partition coefficient (Wildman–Crippen LogP) is -0.154. The van der Waals surface area contributed by atoms with Crippen molar-refractivity contribution in [2.24, 2.45) is 10.4 Å². The predicted molar refractivity (Wildman–Crippen MR) is 76.4 cm³/mol. The monoisotopic (exact) mass is 281 g/mol. The van der Waals surface area contributed by atoms with Crippen LogP contribution in [-0.2, 0) is 4.79 Å². The number of nitrogens with one attached hydrogen (secondary N) is 2. The molecule has 0 atom stereocenters. The van der Waals surface area contributed by atoms with Crippen molar-refractivity contribution in [3.8, 4) is 0 Å². The average Bonchev–Trinajstić information content (AvgIpc) is 2.90. The molecule has 2 aliphatic heterocycles. The Balaban J connectivity index is 1.80. The lowest BCUT2D eigenvalue weighted by molar-refractivity contribution is -0.124. The molecule has 0 aliphatic carbocycles. The largest absolute Gasteiger partial charge is 0.354 e. The summed E-state index contributed by atoms with van der Waals surface area (Å²) >= 11 is 0. The first kappa shape index (κ1) is 14.6. The van der Waals surface area contributed by atoms with Crippen LogP contribution in [0.25, 0.3) is 0 Å². The molecule has 2 aliphatic rings. The molecule has 0 saturated carbocycles. The topological polar surface area (TPSA) is 77.0 Å². The molecule has 20 heavy (non-hydrogen) atoms. The van der Waals surface area contributed by atoms with Gasteiger partial charge in [0.15, 0.2) is 5.96 Å². The number of nitrogens with zero attached hydrogens (tertiary/aromatic N) is 3. The fraction of sp³-hybridized carbons (Fsp3) is 0.769. The lowest BCUT2D eigenvalue weighted by Crippen LogP contribution is -2.44. The number of amides is 3. The molecular formula is C13H23N5O2. The minimum Gasteiger partial charge on any atom is -0.354 e. The minimum atomic E-state index is -0.311. The zero-order chi connectivity index (χ0) is 14.8. The number of hydrogen-bond acceptors (Lipinski definition) is 3. The molecule has 0 bridgehead atoms. The van der Waals surface area contributed by atoms with Crippen molar-refractivity contribution in [2.75, 3.05) is 39.8 Å². The van der Waals surface area contributed by atoms with Gasteiger partial charge in [-0.3, -0.25) is 14.7 Å². The molecule has 3 amide bonds. The Morgan fingerprint density at radius 1 is 1.45 bits per heavy atom. The van der Waals surface area contributed by atoms with Crippen LogP contribution < -0.4 is 10.6 Å².